The molecule has 0 aromatic carbocycles. The van der Waals surface area contributed by atoms with E-state index in [1.807, 2.05) is 12.1 Å². The second-order valence-corrected chi connectivity index (χ2v) is 5.37. The van der Waals surface area contributed by atoms with Gasteiger partial charge in [-0.15, -0.1) is 0 Å². The number of nitrogens with two attached hydrogens (primary N) is 1. The molecule has 3 N–H and O–H groups in total. The Morgan fingerprint density at radius 3 is 2.80 bits per heavy atom. The standard InChI is InChI=1S/C15H21N5/c1-11-15(18-10-17-11)12-5-7-20(8-6-12)14-4-2-3-13(9-16)19-14/h2-4,10,12H,5-9,16H2,1H3,(H,17,18). The van der Waals surface area contributed by atoms with Gasteiger partial charge in [0.05, 0.1) is 17.7 Å². The van der Waals surface area contributed by atoms with Crippen molar-refractivity contribution in [2.45, 2.75) is 32.2 Å². The Morgan fingerprint density at radius 2 is 2.15 bits per heavy atom. The lowest BCUT2D eigenvalue weighted by Crippen LogP contribution is -2.33. The first kappa shape index (κ1) is 13.1. The second-order valence-electron chi connectivity index (χ2n) is 5.37. The summed E-state index contributed by atoms with van der Waals surface area (Å²) >= 11 is 0. The van der Waals surface area contributed by atoms with Crippen LogP contribution in [0.4, 0.5) is 5.82 Å². The number of hydrogen-bond acceptors (Lipinski definition) is 4. The van der Waals surface area contributed by atoms with Gasteiger partial charge in [-0.1, -0.05) is 6.07 Å². The number of rotatable bonds is 3. The summed E-state index contributed by atoms with van der Waals surface area (Å²) in [5.74, 6) is 1.61. The van der Waals surface area contributed by atoms with E-state index in [1.54, 1.807) is 6.33 Å². The third-order valence-corrected chi connectivity index (χ3v) is 4.08. The van der Waals surface area contributed by atoms with E-state index in [9.17, 15) is 0 Å². The SMILES string of the molecule is Cc1[nH]cnc1C1CCN(c2cccc(CN)n2)CC1. The van der Waals surface area contributed by atoms with Gasteiger partial charge < -0.3 is 15.6 Å². The first-order valence-electron chi connectivity index (χ1n) is 7.18. The van der Waals surface area contributed by atoms with E-state index in [2.05, 4.69) is 32.8 Å². The predicted molar refractivity (Wildman–Crippen MR) is 79.6 cm³/mol. The van der Waals surface area contributed by atoms with Gasteiger partial charge in [0.25, 0.3) is 0 Å². The molecule has 0 radical (unpaired) electrons. The van der Waals surface area contributed by atoms with Crippen LogP contribution in [0, 0.1) is 6.92 Å². The van der Waals surface area contributed by atoms with E-state index >= 15 is 0 Å². The van der Waals surface area contributed by atoms with Crippen LogP contribution in [-0.2, 0) is 6.54 Å². The van der Waals surface area contributed by atoms with Gasteiger partial charge >= 0.3 is 0 Å². The zero-order chi connectivity index (χ0) is 13.9. The van der Waals surface area contributed by atoms with Crippen molar-refractivity contribution in [3.63, 3.8) is 0 Å². The number of hydrogen-bond donors (Lipinski definition) is 2. The molecule has 20 heavy (non-hydrogen) atoms. The summed E-state index contributed by atoms with van der Waals surface area (Å²) < 4.78 is 0. The van der Waals surface area contributed by atoms with Crippen LogP contribution in [0.15, 0.2) is 24.5 Å². The Hall–Kier alpha value is -1.88. The van der Waals surface area contributed by atoms with Gasteiger partial charge in [0, 0.05) is 31.2 Å². The van der Waals surface area contributed by atoms with Gasteiger partial charge in [0.2, 0.25) is 0 Å². The molecule has 1 saturated heterocycles. The monoisotopic (exact) mass is 271 g/mol. The molecule has 5 heteroatoms. The minimum Gasteiger partial charge on any atom is -0.357 e. The number of anilines is 1. The van der Waals surface area contributed by atoms with Crippen molar-refractivity contribution in [2.24, 2.45) is 5.73 Å². The maximum absolute atomic E-state index is 5.66. The third-order valence-electron chi connectivity index (χ3n) is 4.08. The molecular formula is C15H21N5. The molecule has 0 unspecified atom stereocenters. The van der Waals surface area contributed by atoms with Crippen molar-refractivity contribution < 1.29 is 0 Å². The normalized spacial score (nSPS) is 16.6. The lowest BCUT2D eigenvalue weighted by atomic mass is 9.92. The molecule has 3 heterocycles. The average Bonchev–Trinajstić information content (AvgIpc) is 2.94. The molecule has 0 atom stereocenters. The van der Waals surface area contributed by atoms with Crippen molar-refractivity contribution >= 4 is 5.82 Å². The average molecular weight is 271 g/mol. The van der Waals surface area contributed by atoms with E-state index in [0.717, 1.165) is 37.4 Å². The first-order chi connectivity index (χ1) is 9.78. The number of pyridine rings is 1. The van der Waals surface area contributed by atoms with Crippen molar-refractivity contribution in [1.82, 2.24) is 15.0 Å². The van der Waals surface area contributed by atoms with Crippen LogP contribution in [0.2, 0.25) is 0 Å². The topological polar surface area (TPSA) is 70.8 Å². The van der Waals surface area contributed by atoms with E-state index in [0.29, 0.717) is 12.5 Å². The highest BCUT2D eigenvalue weighted by atomic mass is 15.2. The van der Waals surface area contributed by atoms with Gasteiger partial charge in [-0.25, -0.2) is 9.97 Å². The van der Waals surface area contributed by atoms with Crippen molar-refractivity contribution in [2.75, 3.05) is 18.0 Å². The molecule has 5 nitrogen and oxygen atoms in total. The summed E-state index contributed by atoms with van der Waals surface area (Å²) in [6, 6.07) is 6.08. The summed E-state index contributed by atoms with van der Waals surface area (Å²) in [6.07, 6.45) is 4.05. The molecule has 3 rings (SSSR count). The number of aromatic nitrogens is 3. The number of aryl methyl sites for hydroxylation is 1. The summed E-state index contributed by atoms with van der Waals surface area (Å²) in [4.78, 5) is 14.6. The zero-order valence-electron chi connectivity index (χ0n) is 11.8. The lowest BCUT2D eigenvalue weighted by molar-refractivity contribution is 0.493. The summed E-state index contributed by atoms with van der Waals surface area (Å²) in [7, 11) is 0. The molecule has 1 fully saturated rings. The smallest absolute Gasteiger partial charge is 0.128 e. The number of nitrogens with one attached hydrogen (secondary N) is 1. The molecule has 2 aromatic rings. The number of imidazole rings is 1. The Morgan fingerprint density at radius 1 is 1.35 bits per heavy atom. The summed E-state index contributed by atoms with van der Waals surface area (Å²) in [5.41, 5.74) is 9.04. The molecule has 2 aromatic heterocycles. The Balaban J connectivity index is 1.68. The quantitative estimate of drug-likeness (QED) is 0.895. The Bertz CT molecular complexity index is 569. The largest absolute Gasteiger partial charge is 0.357 e. The van der Waals surface area contributed by atoms with E-state index in [4.69, 9.17) is 5.73 Å². The molecule has 0 bridgehead atoms. The first-order valence-corrected chi connectivity index (χ1v) is 7.18. The molecule has 0 saturated carbocycles. The molecular weight excluding hydrogens is 250 g/mol. The number of nitrogens with zero attached hydrogens (tertiary/aromatic N) is 3. The number of piperidine rings is 1. The van der Waals surface area contributed by atoms with Crippen LogP contribution in [0.3, 0.4) is 0 Å². The number of H-pyrrole nitrogens is 1. The van der Waals surface area contributed by atoms with Crippen LogP contribution in [0.1, 0.15) is 35.8 Å². The zero-order valence-corrected chi connectivity index (χ0v) is 11.8. The highest BCUT2D eigenvalue weighted by molar-refractivity contribution is 5.40. The van der Waals surface area contributed by atoms with Crippen LogP contribution < -0.4 is 10.6 Å². The second kappa shape index (κ2) is 5.63. The van der Waals surface area contributed by atoms with Crippen LogP contribution in [0.25, 0.3) is 0 Å². The molecule has 106 valence electrons. The van der Waals surface area contributed by atoms with Crippen molar-refractivity contribution in [1.29, 1.82) is 0 Å². The Labute approximate surface area is 119 Å². The predicted octanol–water partition coefficient (Wildman–Crippen LogP) is 1.96. The van der Waals surface area contributed by atoms with Crippen LogP contribution >= 0.6 is 0 Å². The minimum atomic E-state index is 0.497. The van der Waals surface area contributed by atoms with Gasteiger partial charge in [0.1, 0.15) is 5.82 Å². The fourth-order valence-electron chi connectivity index (χ4n) is 2.92. The van der Waals surface area contributed by atoms with Crippen LogP contribution in [0.5, 0.6) is 0 Å². The molecule has 1 aliphatic rings. The Kier molecular flexibility index (Phi) is 3.69. The van der Waals surface area contributed by atoms with Crippen LogP contribution in [-0.4, -0.2) is 28.0 Å². The van der Waals surface area contributed by atoms with Crippen molar-refractivity contribution in [3.05, 3.63) is 41.6 Å². The molecule has 0 amide bonds. The molecule has 1 aliphatic heterocycles. The maximum atomic E-state index is 5.66. The number of aromatic amines is 1. The van der Waals surface area contributed by atoms with Gasteiger partial charge in [-0.2, -0.15) is 0 Å². The van der Waals surface area contributed by atoms with Crippen molar-refractivity contribution in [3.8, 4) is 0 Å². The molecule has 0 spiro atoms. The van der Waals surface area contributed by atoms with E-state index < -0.39 is 0 Å². The lowest BCUT2D eigenvalue weighted by Gasteiger charge is -2.32. The highest BCUT2D eigenvalue weighted by Gasteiger charge is 2.24. The molecule has 0 aliphatic carbocycles. The van der Waals surface area contributed by atoms with Gasteiger partial charge in [0.15, 0.2) is 0 Å². The summed E-state index contributed by atoms with van der Waals surface area (Å²) in [5, 5.41) is 0. The third kappa shape index (κ3) is 2.54. The fraction of sp³-hybridized carbons (Fsp3) is 0.467. The van der Waals surface area contributed by atoms with Gasteiger partial charge in [-0.3, -0.25) is 0 Å². The fourth-order valence-corrected chi connectivity index (χ4v) is 2.92. The van der Waals surface area contributed by atoms with Gasteiger partial charge in [-0.05, 0) is 31.9 Å². The summed E-state index contributed by atoms with van der Waals surface area (Å²) in [6.45, 7) is 4.65. The van der Waals surface area contributed by atoms with E-state index in [-0.39, 0.29) is 0 Å². The highest BCUT2D eigenvalue weighted by Crippen LogP contribution is 2.29. The minimum absolute atomic E-state index is 0.497. The maximum Gasteiger partial charge on any atom is 0.128 e. The van der Waals surface area contributed by atoms with E-state index in [1.165, 1.54) is 11.4 Å².